The zero-order valence-corrected chi connectivity index (χ0v) is 12.3. The van der Waals surface area contributed by atoms with E-state index in [-0.39, 0.29) is 31.4 Å². The molecular weight excluding hydrogens is 302 g/mol. The second kappa shape index (κ2) is 5.86. The molecule has 0 fully saturated rings. The van der Waals surface area contributed by atoms with Gasteiger partial charge in [-0.05, 0) is 28.9 Å². The third-order valence-corrected chi connectivity index (χ3v) is 3.20. The minimum Gasteiger partial charge on any atom is -0.444 e. The van der Waals surface area contributed by atoms with Gasteiger partial charge < -0.3 is 19.5 Å². The molecule has 1 aromatic rings. The van der Waals surface area contributed by atoms with Gasteiger partial charge in [0.25, 0.3) is 5.91 Å². The van der Waals surface area contributed by atoms with Crippen LogP contribution in [0.5, 0.6) is 0 Å². The number of aliphatic hydroxyl groups excluding tert-OH is 2. The molecule has 2 N–H and O–H groups in total. The topological polar surface area (TPSA) is 73.9 Å². The fourth-order valence-electron chi connectivity index (χ4n) is 1.62. The Kier molecular flexibility index (Phi) is 4.95. The molecule has 0 saturated carbocycles. The summed E-state index contributed by atoms with van der Waals surface area (Å²) in [5, 5.41) is 18.4. The van der Waals surface area contributed by atoms with Crippen LogP contribution in [-0.4, -0.2) is 47.8 Å². The first kappa shape index (κ1) is 15.2. The average molecular weight is 320 g/mol. The Bertz CT molecular complexity index is 426. The SMILES string of the molecule is Cc1cc(Br)oc1C(=O)N(C)CC(C)(CO)CO. The van der Waals surface area contributed by atoms with Crippen molar-refractivity contribution in [2.24, 2.45) is 5.41 Å². The van der Waals surface area contributed by atoms with Crippen molar-refractivity contribution in [1.29, 1.82) is 0 Å². The van der Waals surface area contributed by atoms with Crippen LogP contribution in [0.25, 0.3) is 0 Å². The zero-order chi connectivity index (χ0) is 13.9. The van der Waals surface area contributed by atoms with Gasteiger partial charge in [0.15, 0.2) is 10.4 Å². The molecule has 0 bridgehead atoms. The van der Waals surface area contributed by atoms with Crippen molar-refractivity contribution in [1.82, 2.24) is 4.90 Å². The summed E-state index contributed by atoms with van der Waals surface area (Å²) in [5.41, 5.74) is 0.0238. The van der Waals surface area contributed by atoms with E-state index in [2.05, 4.69) is 15.9 Å². The van der Waals surface area contributed by atoms with Gasteiger partial charge in [0, 0.05) is 24.6 Å². The molecule has 0 aliphatic rings. The molecule has 18 heavy (non-hydrogen) atoms. The summed E-state index contributed by atoms with van der Waals surface area (Å²) in [7, 11) is 1.61. The van der Waals surface area contributed by atoms with Gasteiger partial charge in [-0.25, -0.2) is 0 Å². The minimum absolute atomic E-state index is 0.193. The number of halogens is 1. The molecule has 1 heterocycles. The highest BCUT2D eigenvalue weighted by Gasteiger charge is 2.28. The zero-order valence-electron chi connectivity index (χ0n) is 10.7. The van der Waals surface area contributed by atoms with Gasteiger partial charge in [-0.1, -0.05) is 6.92 Å². The van der Waals surface area contributed by atoms with Crippen molar-refractivity contribution in [3.05, 3.63) is 22.1 Å². The van der Waals surface area contributed by atoms with Crippen LogP contribution in [0, 0.1) is 12.3 Å². The van der Waals surface area contributed by atoms with Gasteiger partial charge >= 0.3 is 0 Å². The lowest BCUT2D eigenvalue weighted by Crippen LogP contribution is -2.41. The molecule has 102 valence electrons. The van der Waals surface area contributed by atoms with E-state index in [1.54, 1.807) is 27.0 Å². The highest BCUT2D eigenvalue weighted by Crippen LogP contribution is 2.22. The van der Waals surface area contributed by atoms with Crippen LogP contribution in [-0.2, 0) is 0 Å². The first-order chi connectivity index (χ1) is 8.33. The first-order valence-corrected chi connectivity index (χ1v) is 6.35. The van der Waals surface area contributed by atoms with E-state index in [0.29, 0.717) is 4.67 Å². The Morgan fingerprint density at radius 1 is 1.50 bits per heavy atom. The number of carbonyl (C=O) groups is 1. The predicted molar refractivity (Wildman–Crippen MR) is 70.4 cm³/mol. The van der Waals surface area contributed by atoms with Crippen LogP contribution in [0.1, 0.15) is 23.0 Å². The second-order valence-corrected chi connectivity index (χ2v) is 5.63. The number of furan rings is 1. The Balaban J connectivity index is 2.82. The minimum atomic E-state index is -0.720. The Labute approximate surface area is 115 Å². The van der Waals surface area contributed by atoms with E-state index >= 15 is 0 Å². The smallest absolute Gasteiger partial charge is 0.289 e. The summed E-state index contributed by atoms with van der Waals surface area (Å²) in [6, 6.07) is 1.72. The maximum atomic E-state index is 12.1. The lowest BCUT2D eigenvalue weighted by molar-refractivity contribution is 0.0351. The standard InChI is InChI=1S/C12H18BrNO4/c1-8-4-9(13)18-10(8)11(17)14(3)5-12(2,6-15)7-16/h4,15-16H,5-7H2,1-3H3. The third-order valence-electron chi connectivity index (χ3n) is 2.81. The van der Waals surface area contributed by atoms with Gasteiger partial charge in [-0.2, -0.15) is 0 Å². The van der Waals surface area contributed by atoms with Crippen molar-refractivity contribution in [2.75, 3.05) is 26.8 Å². The largest absolute Gasteiger partial charge is 0.444 e. The molecule has 6 heteroatoms. The molecule has 1 aromatic heterocycles. The normalized spacial score (nSPS) is 11.7. The first-order valence-electron chi connectivity index (χ1n) is 5.56. The van der Waals surface area contributed by atoms with E-state index in [0.717, 1.165) is 5.56 Å². The quantitative estimate of drug-likeness (QED) is 0.860. The number of rotatable bonds is 5. The number of aryl methyl sites for hydroxylation is 1. The molecule has 0 aliphatic carbocycles. The lowest BCUT2D eigenvalue weighted by atomic mass is 9.92. The van der Waals surface area contributed by atoms with Gasteiger partial charge in [-0.3, -0.25) is 4.79 Å². The van der Waals surface area contributed by atoms with Crippen LogP contribution in [0.4, 0.5) is 0 Å². The maximum Gasteiger partial charge on any atom is 0.289 e. The number of aliphatic hydroxyl groups is 2. The molecular formula is C12H18BrNO4. The van der Waals surface area contributed by atoms with Crippen molar-refractivity contribution >= 4 is 21.8 Å². The van der Waals surface area contributed by atoms with Gasteiger partial charge in [0.2, 0.25) is 0 Å². The van der Waals surface area contributed by atoms with Crippen molar-refractivity contribution in [3.63, 3.8) is 0 Å². The van der Waals surface area contributed by atoms with E-state index in [1.807, 2.05) is 0 Å². The Hall–Kier alpha value is -0.850. The monoisotopic (exact) mass is 319 g/mol. The summed E-state index contributed by atoms with van der Waals surface area (Å²) in [5.74, 6) is -0.00562. The Morgan fingerprint density at radius 3 is 2.44 bits per heavy atom. The molecule has 0 radical (unpaired) electrons. The highest BCUT2D eigenvalue weighted by atomic mass is 79.9. The lowest BCUT2D eigenvalue weighted by Gasteiger charge is -2.30. The van der Waals surface area contributed by atoms with Crippen LogP contribution in [0.3, 0.4) is 0 Å². The summed E-state index contributed by atoms with van der Waals surface area (Å²) < 4.78 is 5.78. The fraction of sp³-hybridized carbons (Fsp3) is 0.583. The van der Waals surface area contributed by atoms with Crippen LogP contribution in [0.2, 0.25) is 0 Å². The number of hydrogen-bond acceptors (Lipinski definition) is 4. The number of nitrogens with zero attached hydrogens (tertiary/aromatic N) is 1. The molecule has 5 nitrogen and oxygen atoms in total. The van der Waals surface area contributed by atoms with Crippen LogP contribution < -0.4 is 0 Å². The summed E-state index contributed by atoms with van der Waals surface area (Å²) in [6.07, 6.45) is 0. The fourth-order valence-corrected chi connectivity index (χ4v) is 2.13. The van der Waals surface area contributed by atoms with Gasteiger partial charge in [0.1, 0.15) is 0 Å². The van der Waals surface area contributed by atoms with Crippen LogP contribution >= 0.6 is 15.9 Å². The second-order valence-electron chi connectivity index (χ2n) is 4.85. The number of hydrogen-bond donors (Lipinski definition) is 2. The van der Waals surface area contributed by atoms with Crippen molar-refractivity contribution < 1.29 is 19.4 Å². The molecule has 0 spiro atoms. The molecule has 1 rings (SSSR count). The molecule has 0 atom stereocenters. The van der Waals surface area contributed by atoms with Gasteiger partial charge in [-0.15, -0.1) is 0 Å². The third kappa shape index (κ3) is 3.34. The van der Waals surface area contributed by atoms with E-state index in [1.165, 1.54) is 4.90 Å². The summed E-state index contributed by atoms with van der Waals surface area (Å²) in [4.78, 5) is 13.6. The number of amides is 1. The van der Waals surface area contributed by atoms with E-state index in [9.17, 15) is 15.0 Å². The van der Waals surface area contributed by atoms with E-state index in [4.69, 9.17) is 4.42 Å². The van der Waals surface area contributed by atoms with E-state index < -0.39 is 5.41 Å². The average Bonchev–Trinajstić information content (AvgIpc) is 2.67. The molecule has 0 saturated heterocycles. The Morgan fingerprint density at radius 2 is 2.06 bits per heavy atom. The maximum absolute atomic E-state index is 12.1. The molecule has 0 unspecified atom stereocenters. The van der Waals surface area contributed by atoms with Gasteiger partial charge in [0.05, 0.1) is 13.2 Å². The summed E-state index contributed by atoms with van der Waals surface area (Å²) >= 11 is 3.17. The molecule has 0 aliphatic heterocycles. The predicted octanol–water partition coefficient (Wildman–Crippen LogP) is 1.41. The van der Waals surface area contributed by atoms with Crippen molar-refractivity contribution in [2.45, 2.75) is 13.8 Å². The number of carbonyl (C=O) groups excluding carboxylic acids is 1. The summed E-state index contributed by atoms with van der Waals surface area (Å²) in [6.45, 7) is 3.36. The van der Waals surface area contributed by atoms with Crippen molar-refractivity contribution in [3.8, 4) is 0 Å². The highest BCUT2D eigenvalue weighted by molar-refractivity contribution is 9.10. The molecule has 0 aromatic carbocycles. The van der Waals surface area contributed by atoms with Crippen LogP contribution in [0.15, 0.2) is 15.2 Å². The molecule has 1 amide bonds.